The number of anilines is 1. The van der Waals surface area contributed by atoms with E-state index in [4.69, 9.17) is 4.74 Å². The number of amides is 2. The van der Waals surface area contributed by atoms with E-state index in [2.05, 4.69) is 5.32 Å². The fourth-order valence-electron chi connectivity index (χ4n) is 5.17. The first kappa shape index (κ1) is 30.1. The number of carbonyl (C=O) groups excluding carboxylic acids is 2. The topological polar surface area (TPSA) is 96.0 Å². The van der Waals surface area contributed by atoms with Gasteiger partial charge in [-0.1, -0.05) is 67.8 Å². The second-order valence-corrected chi connectivity index (χ2v) is 12.3. The standard InChI is InChI=1S/C32H39N3O5S/c1-4-30(32(37)33-26-10-8-9-11-26)34(22-25-16-20-28(40-3)21-17-25)31(36)23-35(27-18-14-24(2)15-19-27)41(38,39)29-12-6-5-7-13-29/h5-7,12-21,26,30H,4,8-11,22-23H2,1-3H3,(H,33,37)/t30-/m1/s1. The number of sulfonamides is 1. The number of hydrogen-bond acceptors (Lipinski definition) is 5. The van der Waals surface area contributed by atoms with Crippen molar-refractivity contribution in [2.24, 2.45) is 0 Å². The third-order valence-corrected chi connectivity index (χ3v) is 9.32. The summed E-state index contributed by atoms with van der Waals surface area (Å²) in [6.45, 7) is 3.47. The van der Waals surface area contributed by atoms with Crippen LogP contribution in [0.25, 0.3) is 0 Å². The van der Waals surface area contributed by atoms with Crippen LogP contribution in [0, 0.1) is 6.92 Å². The second kappa shape index (κ2) is 13.7. The summed E-state index contributed by atoms with van der Waals surface area (Å²) in [5, 5.41) is 3.13. The average Bonchev–Trinajstić information content (AvgIpc) is 3.50. The summed E-state index contributed by atoms with van der Waals surface area (Å²) in [7, 11) is -2.50. The van der Waals surface area contributed by atoms with E-state index < -0.39 is 28.5 Å². The van der Waals surface area contributed by atoms with E-state index in [-0.39, 0.29) is 23.4 Å². The summed E-state index contributed by atoms with van der Waals surface area (Å²) in [5.41, 5.74) is 2.15. The molecule has 1 fully saturated rings. The first-order valence-electron chi connectivity index (χ1n) is 14.1. The fraction of sp³-hybridized carbons (Fsp3) is 0.375. The van der Waals surface area contributed by atoms with Crippen LogP contribution in [0.4, 0.5) is 5.69 Å². The van der Waals surface area contributed by atoms with Crippen LogP contribution in [0.2, 0.25) is 0 Å². The van der Waals surface area contributed by atoms with E-state index in [1.807, 2.05) is 38.1 Å². The number of methoxy groups -OCH3 is 1. The Morgan fingerprint density at radius 3 is 2.17 bits per heavy atom. The second-order valence-electron chi connectivity index (χ2n) is 10.4. The number of nitrogens with one attached hydrogen (secondary N) is 1. The van der Waals surface area contributed by atoms with E-state index in [0.29, 0.717) is 17.9 Å². The Kier molecular flexibility index (Phi) is 10.0. The van der Waals surface area contributed by atoms with Crippen molar-refractivity contribution < 1.29 is 22.7 Å². The molecule has 1 aliphatic carbocycles. The van der Waals surface area contributed by atoms with E-state index in [1.54, 1.807) is 49.6 Å². The van der Waals surface area contributed by atoms with Crippen LogP contribution in [-0.4, -0.2) is 50.9 Å². The Hall–Kier alpha value is -3.85. The van der Waals surface area contributed by atoms with Crippen molar-refractivity contribution in [3.63, 3.8) is 0 Å². The minimum absolute atomic E-state index is 0.0843. The maximum atomic E-state index is 14.2. The number of carbonyl (C=O) groups is 2. The summed E-state index contributed by atoms with van der Waals surface area (Å²) in [6, 6.07) is 21.7. The zero-order valence-electron chi connectivity index (χ0n) is 24.0. The molecule has 0 radical (unpaired) electrons. The molecule has 0 spiro atoms. The number of benzene rings is 3. The van der Waals surface area contributed by atoms with E-state index in [0.717, 1.165) is 41.1 Å². The summed E-state index contributed by atoms with van der Waals surface area (Å²) in [5.74, 6) is 0.000491. The van der Waals surface area contributed by atoms with Gasteiger partial charge in [-0.15, -0.1) is 0 Å². The van der Waals surface area contributed by atoms with Gasteiger partial charge in [0.1, 0.15) is 18.3 Å². The largest absolute Gasteiger partial charge is 0.497 e. The highest BCUT2D eigenvalue weighted by atomic mass is 32.2. The van der Waals surface area contributed by atoms with Gasteiger partial charge in [0, 0.05) is 12.6 Å². The lowest BCUT2D eigenvalue weighted by atomic mass is 10.1. The molecule has 1 saturated carbocycles. The lowest BCUT2D eigenvalue weighted by Gasteiger charge is -2.33. The zero-order valence-corrected chi connectivity index (χ0v) is 24.8. The molecule has 0 bridgehead atoms. The summed E-state index contributed by atoms with van der Waals surface area (Å²) in [4.78, 5) is 29.3. The van der Waals surface area contributed by atoms with Crippen LogP contribution in [0.15, 0.2) is 83.8 Å². The third kappa shape index (κ3) is 7.47. The van der Waals surface area contributed by atoms with Crippen LogP contribution in [0.3, 0.4) is 0 Å². The van der Waals surface area contributed by atoms with Gasteiger partial charge >= 0.3 is 0 Å². The van der Waals surface area contributed by atoms with Crippen molar-refractivity contribution in [1.82, 2.24) is 10.2 Å². The Morgan fingerprint density at radius 2 is 1.59 bits per heavy atom. The van der Waals surface area contributed by atoms with Crippen LogP contribution >= 0.6 is 0 Å². The Morgan fingerprint density at radius 1 is 0.951 bits per heavy atom. The van der Waals surface area contributed by atoms with Crippen LogP contribution < -0.4 is 14.4 Å². The molecule has 0 saturated heterocycles. The third-order valence-electron chi connectivity index (χ3n) is 7.53. The summed E-state index contributed by atoms with van der Waals surface area (Å²) < 4.78 is 34.1. The molecule has 3 aromatic carbocycles. The predicted octanol–water partition coefficient (Wildman–Crippen LogP) is 5.07. The quantitative estimate of drug-likeness (QED) is 0.325. The maximum Gasteiger partial charge on any atom is 0.264 e. The first-order chi connectivity index (χ1) is 19.7. The monoisotopic (exact) mass is 577 g/mol. The SMILES string of the molecule is CC[C@H](C(=O)NC1CCCC1)N(Cc1ccc(OC)cc1)C(=O)CN(c1ccc(C)cc1)S(=O)(=O)c1ccccc1. The molecule has 0 aliphatic heterocycles. The molecule has 3 aromatic rings. The highest BCUT2D eigenvalue weighted by molar-refractivity contribution is 7.92. The molecule has 1 N–H and O–H groups in total. The van der Waals surface area contributed by atoms with Crippen molar-refractivity contribution in [2.45, 2.75) is 69.5 Å². The molecule has 0 heterocycles. The highest BCUT2D eigenvalue weighted by Gasteiger charge is 2.34. The van der Waals surface area contributed by atoms with Gasteiger partial charge in [-0.05, 0) is 68.1 Å². The lowest BCUT2D eigenvalue weighted by molar-refractivity contribution is -0.140. The van der Waals surface area contributed by atoms with Gasteiger partial charge < -0.3 is 15.0 Å². The summed E-state index contributed by atoms with van der Waals surface area (Å²) >= 11 is 0. The van der Waals surface area contributed by atoms with Crippen molar-refractivity contribution in [3.05, 3.63) is 90.0 Å². The van der Waals surface area contributed by atoms with E-state index >= 15 is 0 Å². The molecular weight excluding hydrogens is 538 g/mol. The molecule has 1 aliphatic rings. The molecule has 41 heavy (non-hydrogen) atoms. The molecule has 4 rings (SSSR count). The molecule has 1 atom stereocenters. The number of hydrogen-bond donors (Lipinski definition) is 1. The van der Waals surface area contributed by atoms with Gasteiger partial charge in [-0.2, -0.15) is 0 Å². The van der Waals surface area contributed by atoms with E-state index in [1.165, 1.54) is 17.0 Å². The van der Waals surface area contributed by atoms with Gasteiger partial charge in [-0.25, -0.2) is 8.42 Å². The number of aryl methyl sites for hydroxylation is 1. The Labute approximate surface area is 243 Å². The van der Waals surface area contributed by atoms with Crippen molar-refractivity contribution in [3.8, 4) is 5.75 Å². The first-order valence-corrected chi connectivity index (χ1v) is 15.5. The Bertz CT molecular complexity index is 1400. The van der Waals surface area contributed by atoms with Crippen molar-refractivity contribution >= 4 is 27.5 Å². The van der Waals surface area contributed by atoms with Crippen LogP contribution in [-0.2, 0) is 26.2 Å². The Balaban J connectivity index is 1.69. The summed E-state index contributed by atoms with van der Waals surface area (Å²) in [6.07, 6.45) is 4.37. The van der Waals surface area contributed by atoms with Gasteiger partial charge in [0.2, 0.25) is 11.8 Å². The molecule has 8 nitrogen and oxygen atoms in total. The average molecular weight is 578 g/mol. The van der Waals surface area contributed by atoms with Crippen LogP contribution in [0.1, 0.15) is 50.2 Å². The molecular formula is C32H39N3O5S. The molecule has 218 valence electrons. The van der Waals surface area contributed by atoms with Gasteiger partial charge in [0.25, 0.3) is 10.0 Å². The van der Waals surface area contributed by atoms with Gasteiger partial charge in [0.05, 0.1) is 17.7 Å². The predicted molar refractivity (Wildman–Crippen MR) is 160 cm³/mol. The zero-order chi connectivity index (χ0) is 29.4. The van der Waals surface area contributed by atoms with E-state index in [9.17, 15) is 18.0 Å². The molecule has 0 aromatic heterocycles. The molecule has 9 heteroatoms. The fourth-order valence-corrected chi connectivity index (χ4v) is 6.61. The minimum atomic E-state index is -4.08. The number of nitrogens with zero attached hydrogens (tertiary/aromatic N) is 2. The molecule has 2 amide bonds. The van der Waals surface area contributed by atoms with Crippen LogP contribution in [0.5, 0.6) is 5.75 Å². The molecule has 0 unspecified atom stereocenters. The lowest BCUT2D eigenvalue weighted by Crippen LogP contribution is -2.53. The highest BCUT2D eigenvalue weighted by Crippen LogP contribution is 2.26. The van der Waals surface area contributed by atoms with Gasteiger partial charge in [0.15, 0.2) is 0 Å². The van der Waals surface area contributed by atoms with Crippen molar-refractivity contribution in [1.29, 1.82) is 0 Å². The van der Waals surface area contributed by atoms with Gasteiger partial charge in [-0.3, -0.25) is 13.9 Å². The number of ether oxygens (including phenoxy) is 1. The maximum absolute atomic E-state index is 14.2. The van der Waals surface area contributed by atoms with Crippen molar-refractivity contribution in [2.75, 3.05) is 18.0 Å². The minimum Gasteiger partial charge on any atom is -0.497 e. The number of rotatable bonds is 12. The smallest absolute Gasteiger partial charge is 0.264 e. The normalized spacial score (nSPS) is 14.3.